The first-order valence-corrected chi connectivity index (χ1v) is 44.1. The van der Waals surface area contributed by atoms with Gasteiger partial charge in [-0.25, -0.2) is 19.7 Å². The quantitative estimate of drug-likeness (QED) is 0.0117. The number of imidazole rings is 1. The van der Waals surface area contributed by atoms with Gasteiger partial charge in [0.15, 0.2) is 23.8 Å². The molecule has 3 saturated heterocycles. The molecule has 50 heteroatoms. The monoisotopic (exact) mass is 2140 g/mol. The second kappa shape index (κ2) is 54.8. The van der Waals surface area contributed by atoms with Gasteiger partial charge >= 0.3 is 5.97 Å². The van der Waals surface area contributed by atoms with Crippen LogP contribution in [0.1, 0.15) is 124 Å². The normalized spacial score (nSPS) is 15.9. The molecular formula is C91H106BrCl2N24O22Pd-. The Morgan fingerprint density at radius 2 is 0.894 bits per heavy atom. The second-order valence-corrected chi connectivity index (χ2v) is 31.5. The van der Waals surface area contributed by atoms with Crippen molar-refractivity contribution in [1.29, 1.82) is 0 Å². The predicted octanol–water partition coefficient (Wildman–Crippen LogP) is 6.92. The molecular weight excluding hydrogens is 2040 g/mol. The number of nitro groups is 4. The van der Waals surface area contributed by atoms with Crippen LogP contribution in [0.3, 0.4) is 0 Å². The molecule has 754 valence electrons. The van der Waals surface area contributed by atoms with Crippen LogP contribution in [-0.2, 0) is 82.4 Å². The zero-order valence-electron chi connectivity index (χ0n) is 77.1. The van der Waals surface area contributed by atoms with Crippen molar-refractivity contribution >= 4 is 162 Å². The average Bonchev–Trinajstić information content (AvgIpc) is 1.61. The van der Waals surface area contributed by atoms with E-state index in [4.69, 9.17) is 32.9 Å². The van der Waals surface area contributed by atoms with E-state index in [1.54, 1.807) is 96.8 Å². The summed E-state index contributed by atoms with van der Waals surface area (Å²) in [5, 5.41) is 97.5. The number of amides is 9. The molecule has 0 saturated carbocycles. The van der Waals surface area contributed by atoms with E-state index in [-0.39, 0.29) is 156 Å². The number of nitrogen functional groups attached to an aromatic ring is 2. The zero-order chi connectivity index (χ0) is 101. The summed E-state index contributed by atoms with van der Waals surface area (Å²) in [7, 11) is 3.00. The van der Waals surface area contributed by atoms with E-state index in [1.807, 2.05) is 36.9 Å². The number of carboxylic acids is 1. The van der Waals surface area contributed by atoms with Crippen LogP contribution in [0.25, 0.3) is 11.2 Å². The number of aryl methyl sites for hydroxylation is 2. The number of aliphatic hydroxyl groups excluding tert-OH is 2. The number of ether oxygens (including phenoxy) is 1. The summed E-state index contributed by atoms with van der Waals surface area (Å²) < 4.78 is 7.23. The number of halogens is 3. The standard InChI is InChI=1S/C24H27N9O6.C14H18N4O2.C10H9ClN2O2.C8H8BrNO2.C8H6N2O3.C8H8N2O.C8H7NO4.C8H9NO2.2CH5N.CH3.ClH.Pd/c25-20-16-21(28-10-27-20)33(11-29-16)24-18(36)17(35)19(39-24)23(38)32-6-4-31(5-7-32)9-15(34)30-14-3-1-2-12-13(14)8-26-22(12)37;19-13(9-18-6-4-15-5-7-18)17-12-3-1-2-10-11(12)8-16-14(10)20;11-4-9(14)13-8-3-1-2-6-7(8)5-12-10(6)15;1-6-3-2-4-8(10(11)12)7(6)5-9;11-8-5-2-1-3-7(10(12)13)6(5)4-9-8;9-7-3-1-2-5-6(7)4-10-8(5)11;1-5-6(8(10)11)3-2-4-7(5)9(12)13;1-6-4-3-5-8(7(6)2)9(10)11;2*1-2;;;/h1-3,10-11,17-19,24,35-36H,4-9H2,(H,26,37)(H,30,34)(H2,25,27,28);1-3,15H,4-9H2,(H,16,20)(H,17,19);1-3H,4-5H2,(H,12,15)(H,13,14);2-4H,5H2,1H3;1-3H,4H2,(H,9,11);1-3H,4,9H2,(H,10,11);2-4H,1H3,(H,10,11);3-5H,1-2H3;2*2H2,1H3;1H3;1H;/q;;;;;;;;;;-1;;/t17-,18+,19?,24+;;;;;;;;;;;;/m0............/s1. The number of nitrogens with two attached hydrogens (primary N) is 4. The molecule has 18 rings (SSSR count). The second-order valence-electron chi connectivity index (χ2n) is 30.7. The fourth-order valence-electron chi connectivity index (χ4n) is 15.1. The molecule has 0 bridgehead atoms. The number of rotatable bonds is 16. The summed E-state index contributed by atoms with van der Waals surface area (Å²) in [6.07, 6.45) is -2.62. The number of anilines is 5. The van der Waals surface area contributed by atoms with Crippen LogP contribution >= 0.6 is 39.9 Å². The average molecular weight is 2150 g/mol. The molecule has 1 unspecified atom stereocenters. The van der Waals surface area contributed by atoms with Crippen molar-refractivity contribution in [2.75, 3.05) is 113 Å². The zero-order valence-corrected chi connectivity index (χ0v) is 81.9. The number of carboxylic acid groups (broad SMARTS) is 1. The van der Waals surface area contributed by atoms with Gasteiger partial charge in [-0.15, -0.1) is 24.0 Å². The first kappa shape index (κ1) is 115. The van der Waals surface area contributed by atoms with Crippen LogP contribution in [0, 0.1) is 75.6 Å². The minimum absolute atomic E-state index is 0. The molecule has 10 aromatic rings. The Balaban J connectivity index is 0.000000258. The molecule has 141 heavy (non-hydrogen) atoms. The number of carbonyl (C=O) groups excluding carboxylic acids is 9. The Morgan fingerprint density at radius 1 is 0.504 bits per heavy atom. The van der Waals surface area contributed by atoms with Crippen molar-refractivity contribution < 1.29 is 108 Å². The first-order valence-electron chi connectivity index (χ1n) is 42.5. The summed E-state index contributed by atoms with van der Waals surface area (Å²) in [6, 6.07) is 39.8. The molecule has 20 N–H and O–H groups in total. The van der Waals surface area contributed by atoms with E-state index in [2.05, 4.69) is 95.1 Å². The van der Waals surface area contributed by atoms with Gasteiger partial charge in [-0.05, 0) is 114 Å². The maximum absolute atomic E-state index is 13.2. The topological polar surface area (TPSA) is 679 Å². The SMILES string of the molecule is CN.CN.Cc1c(C(=O)O)cccc1[N+](=O)[O-].Cc1cccc([N+](=O)[O-])c1C.Cc1cccc([N+](=O)[O-])c1CBr.Cl.Nc1cccc2c1CNC2=O.Nc1ncnc2c1ncn2[C@@H]1OC(C(=O)N2CCN(CC(=O)Nc3cccc4c3CNC4=O)CC2)[C@@H](O)[C@H]1O.O=C(CCl)Nc1cccc2c1CNC2=O.O=C(CN1CCNCC1)Nc1cccc2c1CNC2=O.O=C1NCc2c1cccc2[N+](=O)[O-].[CH3-].[Pd]. The number of alkyl halides is 2. The number of aromatic nitrogens is 4. The van der Waals surface area contributed by atoms with E-state index >= 15 is 0 Å². The van der Waals surface area contributed by atoms with E-state index in [1.165, 1.54) is 80.7 Å². The number of nitrogens with one attached hydrogen (secondary N) is 9. The molecule has 3 fully saturated rings. The molecule has 8 aromatic carbocycles. The largest absolute Gasteiger partial charge is 0.478 e. The van der Waals surface area contributed by atoms with Gasteiger partial charge in [-0.2, -0.15) is 0 Å². The van der Waals surface area contributed by atoms with Crippen molar-refractivity contribution in [2.24, 2.45) is 11.5 Å². The minimum Gasteiger partial charge on any atom is -0.478 e. The molecule has 10 heterocycles. The maximum atomic E-state index is 13.2. The minimum atomic E-state index is -1.46. The number of nitro benzene ring substituents is 4. The Morgan fingerprint density at radius 3 is 1.33 bits per heavy atom. The summed E-state index contributed by atoms with van der Waals surface area (Å²) in [5.41, 5.74) is 34.4. The molecule has 4 atom stereocenters. The van der Waals surface area contributed by atoms with Crippen LogP contribution < -0.4 is 70.8 Å². The smallest absolute Gasteiger partial charge is 0.336 e. The Bertz CT molecular complexity index is 6210. The molecule has 0 spiro atoms. The van der Waals surface area contributed by atoms with Gasteiger partial charge in [0.2, 0.25) is 17.7 Å². The number of hydrogen-bond acceptors (Lipinski definition) is 31. The Hall–Kier alpha value is -14.4. The third-order valence-electron chi connectivity index (χ3n) is 22.4. The van der Waals surface area contributed by atoms with E-state index in [0.717, 1.165) is 76.4 Å². The van der Waals surface area contributed by atoms with Gasteiger partial charge in [0.05, 0.1) is 62.3 Å². The molecule has 46 nitrogen and oxygen atoms in total. The summed E-state index contributed by atoms with van der Waals surface area (Å²) in [5.74, 6) is -2.66. The third-order valence-corrected chi connectivity index (χ3v) is 23.2. The summed E-state index contributed by atoms with van der Waals surface area (Å²) in [6.45, 7) is 14.7. The van der Waals surface area contributed by atoms with Gasteiger partial charge < -0.3 is 103 Å². The van der Waals surface area contributed by atoms with Gasteiger partial charge in [0, 0.05) is 213 Å². The van der Waals surface area contributed by atoms with Crippen molar-refractivity contribution in [1.82, 2.24) is 66.1 Å². The maximum Gasteiger partial charge on any atom is 0.336 e. The van der Waals surface area contributed by atoms with E-state index in [0.29, 0.717) is 126 Å². The number of nitrogens with zero attached hydrogens (tertiary/aromatic N) is 11. The fraction of sp³-hybridized carbons (Fsp3) is 0.297. The van der Waals surface area contributed by atoms with Crippen molar-refractivity contribution in [3.05, 3.63) is 295 Å². The number of benzene rings is 8. The van der Waals surface area contributed by atoms with Gasteiger partial charge in [0.1, 0.15) is 29.9 Å². The number of fused-ring (bicyclic) bond motifs is 6. The van der Waals surface area contributed by atoms with Crippen LogP contribution in [0.15, 0.2) is 158 Å². The molecule has 8 aliphatic heterocycles. The third kappa shape index (κ3) is 29.4. The van der Waals surface area contributed by atoms with Crippen LogP contribution in [0.5, 0.6) is 0 Å². The van der Waals surface area contributed by atoms with Gasteiger partial charge in [-0.1, -0.05) is 76.6 Å². The number of hydrogen-bond donors (Lipinski definition) is 16. The summed E-state index contributed by atoms with van der Waals surface area (Å²) in [4.78, 5) is 174. The number of aliphatic hydroxyl groups is 2. The Kier molecular flexibility index (Phi) is 44.8. The van der Waals surface area contributed by atoms with Crippen LogP contribution in [0.2, 0.25) is 0 Å². The fourth-order valence-corrected chi connectivity index (χ4v) is 15.9. The molecule has 0 radical (unpaired) electrons. The summed E-state index contributed by atoms with van der Waals surface area (Å²) >= 11 is 8.61. The molecule has 2 aromatic heterocycles. The number of carbonyl (C=O) groups is 10. The number of aromatic carboxylic acids is 1. The van der Waals surface area contributed by atoms with Gasteiger partial charge in [0.25, 0.3) is 58.2 Å². The van der Waals surface area contributed by atoms with E-state index in [9.17, 15) is 98.6 Å². The molecule has 8 aliphatic rings. The van der Waals surface area contributed by atoms with E-state index < -0.39 is 46.3 Å². The molecule has 0 aliphatic carbocycles. The Labute approximate surface area is 840 Å². The van der Waals surface area contributed by atoms with Crippen LogP contribution in [0.4, 0.5) is 51.3 Å². The van der Waals surface area contributed by atoms with Crippen molar-refractivity contribution in [2.45, 2.75) is 90.3 Å². The van der Waals surface area contributed by atoms with Crippen molar-refractivity contribution in [3.63, 3.8) is 0 Å². The van der Waals surface area contributed by atoms with Crippen LogP contribution in [-0.4, -0.2) is 232 Å². The predicted molar refractivity (Wildman–Crippen MR) is 525 cm³/mol. The van der Waals surface area contributed by atoms with Gasteiger partial charge in [-0.3, -0.25) is 98.0 Å². The number of piperazine rings is 2. The molecule has 9 amide bonds. The first-order chi connectivity index (χ1) is 66.1. The van der Waals surface area contributed by atoms with Crippen molar-refractivity contribution in [3.8, 4) is 0 Å².